The number of carbonyl (C=O) groups excluding carboxylic acids is 1. The number of hydrogen-bond donors (Lipinski definition) is 1. The predicted octanol–water partition coefficient (Wildman–Crippen LogP) is 1.73. The summed E-state index contributed by atoms with van der Waals surface area (Å²) in [7, 11) is 0. The predicted molar refractivity (Wildman–Crippen MR) is 110 cm³/mol. The largest absolute Gasteiger partial charge is 0.334 e. The molecule has 5 rings (SSSR count). The number of aryl methyl sites for hydroxylation is 2. The first-order valence-electron chi connectivity index (χ1n) is 9.04. The van der Waals surface area contributed by atoms with Crippen molar-refractivity contribution in [2.24, 2.45) is 4.99 Å². The van der Waals surface area contributed by atoms with Gasteiger partial charge in [0.15, 0.2) is 4.80 Å². The Bertz CT molecular complexity index is 1320. The first kappa shape index (κ1) is 16.9. The molecule has 2 aliphatic rings. The van der Waals surface area contributed by atoms with E-state index < -0.39 is 0 Å². The minimum atomic E-state index is -0.233. The van der Waals surface area contributed by atoms with Gasteiger partial charge < -0.3 is 10.2 Å². The molecule has 1 amide bonds. The molecule has 0 radical (unpaired) electrons. The van der Waals surface area contributed by atoms with Crippen molar-refractivity contribution in [1.29, 1.82) is 0 Å². The third-order valence-electron chi connectivity index (χ3n) is 5.31. The Kier molecular flexibility index (Phi) is 3.73. The van der Waals surface area contributed by atoms with Crippen molar-refractivity contribution in [3.8, 4) is 0 Å². The van der Waals surface area contributed by atoms with Crippen LogP contribution in [0.3, 0.4) is 0 Å². The zero-order valence-electron chi connectivity index (χ0n) is 15.5. The van der Waals surface area contributed by atoms with Gasteiger partial charge in [0, 0.05) is 16.9 Å². The van der Waals surface area contributed by atoms with Gasteiger partial charge in [0.25, 0.3) is 11.5 Å². The molecular weight excluding hydrogens is 372 g/mol. The van der Waals surface area contributed by atoms with E-state index in [1.165, 1.54) is 22.5 Å². The molecule has 2 aromatic carbocycles. The van der Waals surface area contributed by atoms with Gasteiger partial charge in [-0.3, -0.25) is 14.2 Å². The van der Waals surface area contributed by atoms with Crippen molar-refractivity contribution in [1.82, 2.24) is 4.57 Å². The molecule has 3 aromatic rings. The number of rotatable bonds is 1. The van der Waals surface area contributed by atoms with Crippen molar-refractivity contribution in [2.45, 2.75) is 20.5 Å². The number of hydrogen-bond acceptors (Lipinski definition) is 5. The average molecular weight is 390 g/mol. The highest BCUT2D eigenvalue weighted by Crippen LogP contribution is 2.29. The van der Waals surface area contributed by atoms with Gasteiger partial charge in [0.2, 0.25) is 0 Å². The van der Waals surface area contributed by atoms with E-state index in [-0.39, 0.29) is 11.5 Å². The Morgan fingerprint density at radius 2 is 1.89 bits per heavy atom. The van der Waals surface area contributed by atoms with Crippen molar-refractivity contribution < 1.29 is 4.79 Å². The molecule has 6 nitrogen and oxygen atoms in total. The average Bonchev–Trinajstić information content (AvgIpc) is 3.19. The highest BCUT2D eigenvalue weighted by Gasteiger charge is 2.27. The minimum Gasteiger partial charge on any atom is -0.334 e. The van der Waals surface area contributed by atoms with Crippen molar-refractivity contribution >= 4 is 34.2 Å². The maximum Gasteiger partial charge on any atom is 0.272 e. The van der Waals surface area contributed by atoms with Gasteiger partial charge in [-0.05, 0) is 43.2 Å². The quantitative estimate of drug-likeness (QED) is 0.688. The summed E-state index contributed by atoms with van der Waals surface area (Å²) in [6, 6.07) is 13.7. The van der Waals surface area contributed by atoms with Crippen molar-refractivity contribution in [3.05, 3.63) is 78.8 Å². The summed E-state index contributed by atoms with van der Waals surface area (Å²) >= 11 is 1.29. The topological polar surface area (TPSA) is 66.7 Å². The highest BCUT2D eigenvalue weighted by atomic mass is 32.1. The minimum absolute atomic E-state index is 0.167. The van der Waals surface area contributed by atoms with E-state index in [0.717, 1.165) is 16.9 Å². The molecule has 0 aliphatic carbocycles. The molecule has 7 heteroatoms. The number of para-hydroxylation sites is 1. The van der Waals surface area contributed by atoms with Gasteiger partial charge in [-0.25, -0.2) is 4.99 Å². The SMILES string of the molecule is Cc1ccc(N2CN=c3s/c(=C4/C(=O)Nc5ccccc54)c(=O)n3C2)cc1C. The van der Waals surface area contributed by atoms with Crippen LogP contribution in [0.5, 0.6) is 0 Å². The molecule has 0 spiro atoms. The number of anilines is 2. The summed E-state index contributed by atoms with van der Waals surface area (Å²) in [6.45, 7) is 5.06. The highest BCUT2D eigenvalue weighted by molar-refractivity contribution is 7.07. The lowest BCUT2D eigenvalue weighted by atomic mass is 10.1. The number of thiazole rings is 1. The third kappa shape index (κ3) is 2.51. The molecule has 140 valence electrons. The number of benzene rings is 2. The molecule has 0 unspecified atom stereocenters. The third-order valence-corrected chi connectivity index (χ3v) is 6.42. The lowest BCUT2D eigenvalue weighted by Crippen LogP contribution is -2.43. The lowest BCUT2D eigenvalue weighted by molar-refractivity contribution is -0.110. The summed E-state index contributed by atoms with van der Waals surface area (Å²) in [5, 5.41) is 2.84. The van der Waals surface area contributed by atoms with E-state index in [0.29, 0.717) is 28.2 Å². The van der Waals surface area contributed by atoms with Crippen LogP contribution in [-0.2, 0) is 11.5 Å². The van der Waals surface area contributed by atoms with Crippen LogP contribution in [0.1, 0.15) is 16.7 Å². The summed E-state index contributed by atoms with van der Waals surface area (Å²) in [6.07, 6.45) is 0. The zero-order chi connectivity index (χ0) is 19.4. The second-order valence-electron chi connectivity index (χ2n) is 7.07. The second kappa shape index (κ2) is 6.17. The fraction of sp³-hybridized carbons (Fsp3) is 0.190. The van der Waals surface area contributed by atoms with E-state index in [1.54, 1.807) is 4.57 Å². The standard InChI is InChI=1S/C21H18N4O2S/c1-12-7-8-14(9-13(12)2)24-10-22-21-25(11-24)20(27)18(28-21)17-15-5-3-4-6-16(15)23-19(17)26/h3-9H,10-11H2,1-2H3,(H,23,26)/b18-17+. The fourth-order valence-corrected chi connectivity index (χ4v) is 4.65. The Morgan fingerprint density at radius 3 is 2.71 bits per heavy atom. The van der Waals surface area contributed by atoms with E-state index in [2.05, 4.69) is 47.3 Å². The normalized spacial score (nSPS) is 17.1. The number of fused-ring (bicyclic) bond motifs is 2. The van der Waals surface area contributed by atoms with Gasteiger partial charge >= 0.3 is 0 Å². The maximum atomic E-state index is 13.1. The van der Waals surface area contributed by atoms with E-state index in [1.807, 2.05) is 24.3 Å². The van der Waals surface area contributed by atoms with Crippen LogP contribution in [0.25, 0.3) is 5.57 Å². The lowest BCUT2D eigenvalue weighted by Gasteiger charge is -2.26. The number of amides is 1. The molecule has 0 fully saturated rings. The first-order chi connectivity index (χ1) is 13.5. The Balaban J connectivity index is 1.63. The molecule has 0 atom stereocenters. The van der Waals surface area contributed by atoms with Crippen LogP contribution in [0, 0.1) is 13.8 Å². The van der Waals surface area contributed by atoms with Crippen LogP contribution in [0.4, 0.5) is 11.4 Å². The van der Waals surface area contributed by atoms with Crippen molar-refractivity contribution in [3.63, 3.8) is 0 Å². The van der Waals surface area contributed by atoms with Crippen LogP contribution >= 0.6 is 11.3 Å². The Morgan fingerprint density at radius 1 is 1.07 bits per heavy atom. The maximum absolute atomic E-state index is 13.1. The number of nitrogens with zero attached hydrogens (tertiary/aromatic N) is 3. The molecule has 1 aromatic heterocycles. The fourth-order valence-electron chi connectivity index (χ4n) is 3.59. The van der Waals surface area contributed by atoms with Gasteiger partial charge in [-0.15, -0.1) is 0 Å². The summed E-state index contributed by atoms with van der Waals surface area (Å²) < 4.78 is 2.10. The van der Waals surface area contributed by atoms with Crippen LogP contribution in [0.2, 0.25) is 0 Å². The smallest absolute Gasteiger partial charge is 0.272 e. The molecule has 2 aliphatic heterocycles. The zero-order valence-corrected chi connectivity index (χ0v) is 16.3. The second-order valence-corrected chi connectivity index (χ2v) is 8.05. The van der Waals surface area contributed by atoms with Crippen molar-refractivity contribution in [2.75, 3.05) is 16.9 Å². The Labute approximate surface area is 165 Å². The summed E-state index contributed by atoms with van der Waals surface area (Å²) in [5.41, 5.74) is 5.27. The monoisotopic (exact) mass is 390 g/mol. The Hall–Kier alpha value is -3.19. The summed E-state index contributed by atoms with van der Waals surface area (Å²) in [4.78, 5) is 33.0. The first-order valence-corrected chi connectivity index (χ1v) is 9.86. The number of carbonyl (C=O) groups is 1. The molecule has 3 heterocycles. The van der Waals surface area contributed by atoms with Crippen LogP contribution < -0.4 is 25.1 Å². The van der Waals surface area contributed by atoms with Gasteiger partial charge in [-0.1, -0.05) is 35.6 Å². The van der Waals surface area contributed by atoms with Crippen LogP contribution in [0.15, 0.2) is 52.3 Å². The van der Waals surface area contributed by atoms with Gasteiger partial charge in [0.1, 0.15) is 17.9 Å². The molecule has 1 N–H and O–H groups in total. The van der Waals surface area contributed by atoms with E-state index >= 15 is 0 Å². The molecular formula is C21H18N4O2S. The number of nitrogens with one attached hydrogen (secondary N) is 1. The summed E-state index contributed by atoms with van der Waals surface area (Å²) in [5.74, 6) is -0.233. The van der Waals surface area contributed by atoms with E-state index in [9.17, 15) is 9.59 Å². The van der Waals surface area contributed by atoms with Crippen LogP contribution in [-0.4, -0.2) is 17.1 Å². The molecule has 0 bridgehead atoms. The number of aromatic nitrogens is 1. The molecule has 0 saturated heterocycles. The van der Waals surface area contributed by atoms with Gasteiger partial charge in [0.05, 0.1) is 5.57 Å². The molecule has 0 saturated carbocycles. The van der Waals surface area contributed by atoms with Gasteiger partial charge in [-0.2, -0.15) is 0 Å². The van der Waals surface area contributed by atoms with E-state index in [4.69, 9.17) is 0 Å². The molecule has 28 heavy (non-hydrogen) atoms.